The molecule has 25 heavy (non-hydrogen) atoms. The molecule has 2 heterocycles. The minimum absolute atomic E-state index is 0.246. The lowest BCUT2D eigenvalue weighted by Crippen LogP contribution is -2.39. The molecule has 1 amide bonds. The fraction of sp³-hybridized carbons (Fsp3) is 0.450. The van der Waals surface area contributed by atoms with Crippen LogP contribution in [0.15, 0.2) is 42.9 Å². The molecular formula is C20H26N4O. The molecule has 3 rings (SSSR count). The highest BCUT2D eigenvalue weighted by atomic mass is 16.2. The van der Waals surface area contributed by atoms with Crippen LogP contribution in [-0.2, 0) is 11.2 Å². The molecule has 0 unspecified atom stereocenters. The number of aromatic nitrogens is 2. The Hall–Kier alpha value is -2.43. The molecule has 1 saturated heterocycles. The van der Waals surface area contributed by atoms with E-state index in [2.05, 4.69) is 39.1 Å². The normalized spacial score (nSPS) is 17.4. The number of benzene rings is 1. The summed E-state index contributed by atoms with van der Waals surface area (Å²) < 4.78 is 0. The number of rotatable bonds is 5. The Morgan fingerprint density at radius 3 is 2.72 bits per heavy atom. The minimum Gasteiger partial charge on any atom is -0.378 e. The Morgan fingerprint density at radius 2 is 2.04 bits per heavy atom. The van der Waals surface area contributed by atoms with Gasteiger partial charge >= 0.3 is 0 Å². The molecule has 1 aliphatic heterocycles. The molecule has 1 fully saturated rings. The summed E-state index contributed by atoms with van der Waals surface area (Å²) in [5, 5.41) is 0. The van der Waals surface area contributed by atoms with E-state index in [0.717, 1.165) is 38.0 Å². The van der Waals surface area contributed by atoms with E-state index < -0.39 is 0 Å². The smallest absolute Gasteiger partial charge is 0.222 e. The molecule has 0 spiro atoms. The van der Waals surface area contributed by atoms with E-state index in [1.165, 1.54) is 11.3 Å². The van der Waals surface area contributed by atoms with Crippen LogP contribution < -0.4 is 4.90 Å². The van der Waals surface area contributed by atoms with Crippen molar-refractivity contribution in [1.82, 2.24) is 14.9 Å². The molecule has 1 aromatic carbocycles. The SMILES string of the molecule is CN(C)c1ccc(CCC(=O)N2CCC[C@H](c3ccncn3)C2)cc1. The Morgan fingerprint density at radius 1 is 1.24 bits per heavy atom. The van der Waals surface area contributed by atoms with Crippen molar-refractivity contribution in [2.24, 2.45) is 0 Å². The number of likely N-dealkylation sites (tertiary alicyclic amines) is 1. The average Bonchev–Trinajstić information content (AvgIpc) is 2.67. The van der Waals surface area contributed by atoms with Crippen LogP contribution in [-0.4, -0.2) is 48.0 Å². The van der Waals surface area contributed by atoms with Gasteiger partial charge in [0.05, 0.1) is 0 Å². The van der Waals surface area contributed by atoms with Crippen molar-refractivity contribution < 1.29 is 4.79 Å². The van der Waals surface area contributed by atoms with E-state index in [0.29, 0.717) is 12.3 Å². The zero-order valence-electron chi connectivity index (χ0n) is 15.1. The van der Waals surface area contributed by atoms with E-state index in [-0.39, 0.29) is 5.91 Å². The molecule has 0 bridgehead atoms. The van der Waals surface area contributed by atoms with Crippen molar-refractivity contribution >= 4 is 11.6 Å². The summed E-state index contributed by atoms with van der Waals surface area (Å²) >= 11 is 0. The van der Waals surface area contributed by atoms with E-state index in [4.69, 9.17) is 0 Å². The van der Waals surface area contributed by atoms with Crippen molar-refractivity contribution in [1.29, 1.82) is 0 Å². The number of amides is 1. The molecule has 1 atom stereocenters. The molecule has 0 N–H and O–H groups in total. The molecule has 132 valence electrons. The van der Waals surface area contributed by atoms with Crippen molar-refractivity contribution in [3.05, 3.63) is 54.1 Å². The molecule has 0 aliphatic carbocycles. The van der Waals surface area contributed by atoms with Gasteiger partial charge in [-0.25, -0.2) is 9.97 Å². The molecule has 5 nitrogen and oxygen atoms in total. The number of aryl methyl sites for hydroxylation is 1. The summed E-state index contributed by atoms with van der Waals surface area (Å²) in [6.07, 6.45) is 6.86. The second kappa shape index (κ2) is 8.10. The van der Waals surface area contributed by atoms with Crippen LogP contribution in [0.25, 0.3) is 0 Å². The minimum atomic E-state index is 0.246. The number of hydrogen-bond acceptors (Lipinski definition) is 4. The summed E-state index contributed by atoms with van der Waals surface area (Å²) in [4.78, 5) is 25.0. The van der Waals surface area contributed by atoms with E-state index in [9.17, 15) is 4.79 Å². The lowest BCUT2D eigenvalue weighted by molar-refractivity contribution is -0.132. The molecule has 0 radical (unpaired) electrons. The van der Waals surface area contributed by atoms with Gasteiger partial charge in [0.15, 0.2) is 0 Å². The number of hydrogen-bond donors (Lipinski definition) is 0. The third-order valence-electron chi connectivity index (χ3n) is 4.88. The van der Waals surface area contributed by atoms with Gasteiger partial charge in [0.1, 0.15) is 6.33 Å². The fourth-order valence-corrected chi connectivity index (χ4v) is 3.36. The van der Waals surface area contributed by atoms with Gasteiger partial charge in [0.2, 0.25) is 5.91 Å². The van der Waals surface area contributed by atoms with Crippen molar-refractivity contribution in [3.8, 4) is 0 Å². The van der Waals surface area contributed by atoms with Gasteiger partial charge in [0.25, 0.3) is 0 Å². The number of anilines is 1. The molecule has 5 heteroatoms. The van der Waals surface area contributed by atoms with Gasteiger partial charge in [-0.3, -0.25) is 4.79 Å². The standard InChI is InChI=1S/C20H26N4O/c1-23(2)18-8-5-16(6-9-18)7-10-20(25)24-13-3-4-17(14-24)19-11-12-21-15-22-19/h5-6,8-9,11-12,15,17H,3-4,7,10,13-14H2,1-2H3/t17-/m0/s1. The van der Waals surface area contributed by atoms with Crippen LogP contribution in [0.1, 0.15) is 36.4 Å². The second-order valence-corrected chi connectivity index (χ2v) is 6.87. The number of piperidine rings is 1. The first-order valence-corrected chi connectivity index (χ1v) is 8.93. The van der Waals surface area contributed by atoms with Crippen molar-refractivity contribution in [3.63, 3.8) is 0 Å². The van der Waals surface area contributed by atoms with Crippen molar-refractivity contribution in [2.75, 3.05) is 32.1 Å². The summed E-state index contributed by atoms with van der Waals surface area (Å²) in [6, 6.07) is 10.4. The van der Waals surface area contributed by atoms with Crippen LogP contribution in [0.3, 0.4) is 0 Å². The molecule has 1 aliphatic rings. The predicted octanol–water partition coefficient (Wildman–Crippen LogP) is 2.88. The summed E-state index contributed by atoms with van der Waals surface area (Å²) in [5.41, 5.74) is 3.44. The summed E-state index contributed by atoms with van der Waals surface area (Å²) in [6.45, 7) is 1.63. The van der Waals surface area contributed by atoms with E-state index >= 15 is 0 Å². The average molecular weight is 338 g/mol. The highest BCUT2D eigenvalue weighted by molar-refractivity contribution is 5.76. The highest BCUT2D eigenvalue weighted by Gasteiger charge is 2.25. The Balaban J connectivity index is 1.54. The number of nitrogens with zero attached hydrogens (tertiary/aromatic N) is 4. The van der Waals surface area contributed by atoms with Gasteiger partial charge in [-0.2, -0.15) is 0 Å². The maximum atomic E-state index is 12.6. The zero-order valence-corrected chi connectivity index (χ0v) is 15.1. The van der Waals surface area contributed by atoms with Gasteiger partial charge in [-0.15, -0.1) is 0 Å². The largest absolute Gasteiger partial charge is 0.378 e. The van der Waals surface area contributed by atoms with Gasteiger partial charge < -0.3 is 9.80 Å². The van der Waals surface area contributed by atoms with Gasteiger partial charge in [-0.1, -0.05) is 12.1 Å². The third kappa shape index (κ3) is 4.56. The first-order valence-electron chi connectivity index (χ1n) is 8.93. The first kappa shape index (κ1) is 17.4. The molecule has 1 aromatic heterocycles. The molecule has 2 aromatic rings. The zero-order chi connectivity index (χ0) is 17.6. The lowest BCUT2D eigenvalue weighted by Gasteiger charge is -2.32. The van der Waals surface area contributed by atoms with Crippen LogP contribution in [0.4, 0.5) is 5.69 Å². The van der Waals surface area contributed by atoms with Gasteiger partial charge in [0, 0.05) is 57.1 Å². The lowest BCUT2D eigenvalue weighted by atomic mass is 9.94. The maximum absolute atomic E-state index is 12.6. The predicted molar refractivity (Wildman–Crippen MR) is 99.7 cm³/mol. The van der Waals surface area contributed by atoms with Crippen LogP contribution in [0.2, 0.25) is 0 Å². The quantitative estimate of drug-likeness (QED) is 0.841. The van der Waals surface area contributed by atoms with E-state index in [1.807, 2.05) is 25.1 Å². The summed E-state index contributed by atoms with van der Waals surface area (Å²) in [7, 11) is 4.06. The maximum Gasteiger partial charge on any atom is 0.222 e. The summed E-state index contributed by atoms with van der Waals surface area (Å²) in [5.74, 6) is 0.579. The fourth-order valence-electron chi connectivity index (χ4n) is 3.36. The van der Waals surface area contributed by atoms with Gasteiger partial charge in [-0.05, 0) is 43.0 Å². The van der Waals surface area contributed by atoms with Crippen LogP contribution in [0, 0.1) is 0 Å². The number of carbonyl (C=O) groups is 1. The third-order valence-corrected chi connectivity index (χ3v) is 4.88. The second-order valence-electron chi connectivity index (χ2n) is 6.87. The Bertz CT molecular complexity index is 685. The van der Waals surface area contributed by atoms with E-state index in [1.54, 1.807) is 12.5 Å². The topological polar surface area (TPSA) is 49.3 Å². The highest BCUT2D eigenvalue weighted by Crippen LogP contribution is 2.25. The Labute approximate surface area is 149 Å². The Kier molecular flexibility index (Phi) is 5.64. The van der Waals surface area contributed by atoms with Crippen LogP contribution >= 0.6 is 0 Å². The van der Waals surface area contributed by atoms with Crippen molar-refractivity contribution in [2.45, 2.75) is 31.6 Å². The number of carbonyl (C=O) groups excluding carboxylic acids is 1. The molecule has 0 saturated carbocycles. The van der Waals surface area contributed by atoms with Crippen LogP contribution in [0.5, 0.6) is 0 Å². The monoisotopic (exact) mass is 338 g/mol. The molecular weight excluding hydrogens is 312 g/mol. The first-order chi connectivity index (χ1) is 12.1.